The normalized spacial score (nSPS) is 26.8. The number of hydrogen-bond acceptors (Lipinski definition) is 5. The van der Waals surface area contributed by atoms with Gasteiger partial charge < -0.3 is 0 Å². The van der Waals surface area contributed by atoms with Gasteiger partial charge in [0, 0.05) is 0 Å². The molecule has 0 aromatic carbocycles. The minimum absolute atomic E-state index is 0.236. The smallest absolute Gasteiger partial charge is 0.183 e. The summed E-state index contributed by atoms with van der Waals surface area (Å²) in [6.45, 7) is 0. The van der Waals surface area contributed by atoms with Gasteiger partial charge in [-0.3, -0.25) is 5.01 Å². The highest BCUT2D eigenvalue weighted by molar-refractivity contribution is 6.05. The zero-order valence-electron chi connectivity index (χ0n) is 10.8. The fourth-order valence-electron chi connectivity index (χ4n) is 2.49. The van der Waals surface area contributed by atoms with Crippen LogP contribution in [0.15, 0.2) is 16.4 Å². The van der Waals surface area contributed by atoms with E-state index in [1.807, 2.05) is 6.07 Å². The van der Waals surface area contributed by atoms with Crippen molar-refractivity contribution in [3.05, 3.63) is 11.4 Å². The van der Waals surface area contributed by atoms with Crippen LogP contribution in [0.25, 0.3) is 0 Å². The van der Waals surface area contributed by atoms with Crippen LogP contribution >= 0.6 is 0 Å². The Hall–Kier alpha value is -1.85. The lowest BCUT2D eigenvalue weighted by Crippen LogP contribution is -2.46. The summed E-state index contributed by atoms with van der Waals surface area (Å²) < 4.78 is 0. The Morgan fingerprint density at radius 1 is 1.16 bits per heavy atom. The molecule has 1 heterocycles. The number of nitrogens with zero attached hydrogens (tertiary/aromatic N) is 4. The van der Waals surface area contributed by atoms with E-state index in [-0.39, 0.29) is 5.71 Å². The monoisotopic (exact) mass is 255 g/mol. The number of allylic oxidation sites excluding steroid dienone is 2. The van der Waals surface area contributed by atoms with Crippen LogP contribution in [0.2, 0.25) is 0 Å². The molecule has 5 heteroatoms. The van der Waals surface area contributed by atoms with Crippen LogP contribution in [0.5, 0.6) is 0 Å². The molecule has 0 amide bonds. The number of hydrogen-bond donors (Lipinski definition) is 1. The molecule has 0 aromatic heterocycles. The first-order valence-electron chi connectivity index (χ1n) is 6.87. The lowest BCUT2D eigenvalue weighted by atomic mass is 10.0. The van der Waals surface area contributed by atoms with E-state index < -0.39 is 6.04 Å². The van der Waals surface area contributed by atoms with Gasteiger partial charge in [-0.1, -0.05) is 0 Å². The van der Waals surface area contributed by atoms with E-state index in [2.05, 4.69) is 11.1 Å². The highest BCUT2D eigenvalue weighted by atomic mass is 15.4. The van der Waals surface area contributed by atoms with Gasteiger partial charge in [0.15, 0.2) is 11.8 Å². The van der Waals surface area contributed by atoms with Gasteiger partial charge in [-0.15, -0.1) is 0 Å². The molecule has 1 unspecified atom stereocenters. The van der Waals surface area contributed by atoms with E-state index in [9.17, 15) is 5.26 Å². The Balaban J connectivity index is 1.92. The Morgan fingerprint density at radius 2 is 1.79 bits per heavy atom. The quantitative estimate of drug-likeness (QED) is 0.776. The minimum atomic E-state index is -0.721. The van der Waals surface area contributed by atoms with Crippen LogP contribution in [0.4, 0.5) is 0 Å². The van der Waals surface area contributed by atoms with Crippen LogP contribution in [-0.4, -0.2) is 16.8 Å². The molecule has 0 bridgehead atoms. The summed E-state index contributed by atoms with van der Waals surface area (Å²) in [5.74, 6) is 7.47. The van der Waals surface area contributed by atoms with E-state index in [1.54, 1.807) is 0 Å². The Bertz CT molecular complexity index is 525. The molecule has 19 heavy (non-hydrogen) atoms. The Kier molecular flexibility index (Phi) is 3.00. The van der Waals surface area contributed by atoms with Crippen molar-refractivity contribution in [2.75, 3.05) is 0 Å². The molecule has 0 saturated heterocycles. The molecule has 3 rings (SSSR count). The second-order valence-electron chi connectivity index (χ2n) is 5.74. The number of nitriles is 2. The maximum absolute atomic E-state index is 9.18. The fourth-order valence-corrected chi connectivity index (χ4v) is 2.49. The second-order valence-corrected chi connectivity index (χ2v) is 5.74. The number of hydrazine groups is 1. The lowest BCUT2D eigenvalue weighted by Gasteiger charge is -2.31. The molecule has 2 saturated carbocycles. The van der Waals surface area contributed by atoms with E-state index in [0.717, 1.165) is 24.2 Å². The Morgan fingerprint density at radius 3 is 2.32 bits per heavy atom. The molecule has 0 aromatic rings. The molecule has 3 aliphatic rings. The molecule has 1 atom stereocenters. The first-order chi connectivity index (χ1) is 9.22. The van der Waals surface area contributed by atoms with Crippen LogP contribution < -0.4 is 5.84 Å². The molecular formula is C14H17N5. The summed E-state index contributed by atoms with van der Waals surface area (Å²) in [5, 5.41) is 19.8. The summed E-state index contributed by atoms with van der Waals surface area (Å²) in [6.07, 6.45) is 6.76. The number of aliphatic imine (C=N–C) groups is 1. The molecular weight excluding hydrogens is 238 g/mol. The number of rotatable bonds is 4. The predicted molar refractivity (Wildman–Crippen MR) is 70.2 cm³/mol. The van der Waals surface area contributed by atoms with Crippen molar-refractivity contribution in [1.82, 2.24) is 5.01 Å². The first-order valence-corrected chi connectivity index (χ1v) is 6.87. The summed E-state index contributed by atoms with van der Waals surface area (Å²) in [4.78, 5) is 4.44. The van der Waals surface area contributed by atoms with Crippen molar-refractivity contribution in [2.45, 2.75) is 44.6 Å². The first kappa shape index (κ1) is 12.2. The lowest BCUT2D eigenvalue weighted by molar-refractivity contribution is 0.330. The van der Waals surface area contributed by atoms with Crippen molar-refractivity contribution in [2.24, 2.45) is 22.7 Å². The van der Waals surface area contributed by atoms with Gasteiger partial charge in [-0.25, -0.2) is 10.8 Å². The van der Waals surface area contributed by atoms with E-state index in [1.165, 1.54) is 30.7 Å². The SMILES string of the molecule is N#CC1=NC(CC2CC2)=C(CC2CC2)N(N)C1C#N. The third-order valence-electron chi connectivity index (χ3n) is 4.03. The largest absolute Gasteiger partial charge is 0.289 e. The Labute approximate surface area is 113 Å². The topological polar surface area (TPSA) is 89.2 Å². The minimum Gasteiger partial charge on any atom is -0.289 e. The van der Waals surface area contributed by atoms with Crippen LogP contribution in [-0.2, 0) is 0 Å². The van der Waals surface area contributed by atoms with Gasteiger partial charge in [0.25, 0.3) is 0 Å². The van der Waals surface area contributed by atoms with Crippen LogP contribution in [0.3, 0.4) is 0 Å². The molecule has 0 radical (unpaired) electrons. The van der Waals surface area contributed by atoms with Crippen LogP contribution in [0.1, 0.15) is 38.5 Å². The van der Waals surface area contributed by atoms with E-state index in [4.69, 9.17) is 11.1 Å². The summed E-state index contributed by atoms with van der Waals surface area (Å²) in [6, 6.07) is 3.38. The molecule has 2 fully saturated rings. The molecule has 2 aliphatic carbocycles. The van der Waals surface area contributed by atoms with Crippen molar-refractivity contribution in [1.29, 1.82) is 10.5 Å². The second kappa shape index (κ2) is 4.68. The molecule has 1 aliphatic heterocycles. The van der Waals surface area contributed by atoms with Gasteiger partial charge in [0.05, 0.1) is 17.5 Å². The zero-order valence-corrected chi connectivity index (χ0v) is 10.8. The standard InChI is InChI=1S/C14H17N5/c15-7-12-14(8-16)19(17)13(6-10-3-4-10)11(18-12)5-9-1-2-9/h9-10,14H,1-6,17H2. The van der Waals surface area contributed by atoms with Crippen molar-refractivity contribution < 1.29 is 0 Å². The summed E-state index contributed by atoms with van der Waals surface area (Å²) in [5.41, 5.74) is 2.17. The third-order valence-corrected chi connectivity index (χ3v) is 4.03. The van der Waals surface area contributed by atoms with Crippen molar-refractivity contribution in [3.63, 3.8) is 0 Å². The van der Waals surface area contributed by atoms with Gasteiger partial charge >= 0.3 is 0 Å². The highest BCUT2D eigenvalue weighted by Gasteiger charge is 2.35. The van der Waals surface area contributed by atoms with Gasteiger partial charge in [-0.05, 0) is 50.4 Å². The maximum atomic E-state index is 9.18. The summed E-state index contributed by atoms with van der Waals surface area (Å²) >= 11 is 0. The molecule has 98 valence electrons. The average Bonchev–Trinajstić information content (AvgIpc) is 3.28. The van der Waals surface area contributed by atoms with Gasteiger partial charge in [0.2, 0.25) is 0 Å². The number of nitrogens with two attached hydrogens (primary N) is 1. The van der Waals surface area contributed by atoms with Crippen LogP contribution in [0, 0.1) is 34.5 Å². The highest BCUT2D eigenvalue weighted by Crippen LogP contribution is 2.42. The van der Waals surface area contributed by atoms with E-state index in [0.29, 0.717) is 11.8 Å². The van der Waals surface area contributed by atoms with Gasteiger partial charge in [0.1, 0.15) is 6.07 Å². The predicted octanol–water partition coefficient (Wildman–Crippen LogP) is 1.84. The van der Waals surface area contributed by atoms with Crippen molar-refractivity contribution in [3.8, 4) is 12.1 Å². The molecule has 2 N–H and O–H groups in total. The third kappa shape index (κ3) is 2.47. The molecule has 0 spiro atoms. The van der Waals surface area contributed by atoms with E-state index >= 15 is 0 Å². The fraction of sp³-hybridized carbons (Fsp3) is 0.643. The van der Waals surface area contributed by atoms with Crippen molar-refractivity contribution >= 4 is 5.71 Å². The average molecular weight is 255 g/mol. The van der Waals surface area contributed by atoms with Gasteiger partial charge in [-0.2, -0.15) is 10.5 Å². The zero-order chi connectivity index (χ0) is 13.4. The maximum Gasteiger partial charge on any atom is 0.183 e. The summed E-state index contributed by atoms with van der Waals surface area (Å²) in [7, 11) is 0. The molecule has 5 nitrogen and oxygen atoms in total.